The lowest BCUT2D eigenvalue weighted by molar-refractivity contribution is -0.134. The van der Waals surface area contributed by atoms with E-state index in [9.17, 15) is 4.79 Å². The van der Waals surface area contributed by atoms with Crippen molar-refractivity contribution in [3.8, 4) is 5.75 Å². The summed E-state index contributed by atoms with van der Waals surface area (Å²) in [7, 11) is 1.97. The number of nitrogens with one attached hydrogen (secondary N) is 1. The van der Waals surface area contributed by atoms with Crippen LogP contribution in [-0.2, 0) is 4.79 Å². The molecule has 1 heterocycles. The molecule has 0 bridgehead atoms. The van der Waals surface area contributed by atoms with Crippen LogP contribution < -0.4 is 10.1 Å². The third kappa shape index (κ3) is 4.21. The predicted octanol–water partition coefficient (Wildman–Crippen LogP) is 2.04. The maximum absolute atomic E-state index is 12.0. The van der Waals surface area contributed by atoms with E-state index in [1.54, 1.807) is 0 Å². The maximum Gasteiger partial charge on any atom is 0.260 e. The first-order valence-corrected chi connectivity index (χ1v) is 7.32. The maximum atomic E-state index is 12.0. The van der Waals surface area contributed by atoms with Gasteiger partial charge >= 0.3 is 0 Å². The van der Waals surface area contributed by atoms with Crippen molar-refractivity contribution in [2.45, 2.75) is 18.9 Å². The van der Waals surface area contributed by atoms with Crippen LogP contribution in [0.2, 0.25) is 0 Å². The molecule has 1 aromatic carbocycles. The number of carbonyl (C=O) groups is 1. The highest BCUT2D eigenvalue weighted by Gasteiger charge is 2.21. The lowest BCUT2D eigenvalue weighted by atomic mass is 10.1. The summed E-state index contributed by atoms with van der Waals surface area (Å²) in [5.41, 5.74) is 0. The number of piperidine rings is 1. The molecule has 4 nitrogen and oxygen atoms in total. The quantitative estimate of drug-likeness (QED) is 0.920. The van der Waals surface area contributed by atoms with Gasteiger partial charge in [0.25, 0.3) is 5.91 Å². The second-order valence-electron chi connectivity index (χ2n) is 4.69. The minimum absolute atomic E-state index is 0.0671. The van der Waals surface area contributed by atoms with Gasteiger partial charge in [0.1, 0.15) is 5.75 Å². The number of hydrogen-bond donors (Lipinski definition) is 1. The highest BCUT2D eigenvalue weighted by Crippen LogP contribution is 2.16. The first-order valence-electron chi connectivity index (χ1n) is 6.52. The number of amides is 1. The molecule has 0 aromatic heterocycles. The summed E-state index contributed by atoms with van der Waals surface area (Å²) < 4.78 is 6.50. The molecular weight excluding hydrogens is 308 g/mol. The summed E-state index contributed by atoms with van der Waals surface area (Å²) in [4.78, 5) is 13.9. The monoisotopic (exact) mass is 326 g/mol. The van der Waals surface area contributed by atoms with E-state index in [1.165, 1.54) is 0 Å². The Labute approximate surface area is 122 Å². The molecule has 0 atom stereocenters. The molecule has 0 aliphatic carbocycles. The Morgan fingerprint density at radius 2 is 2.00 bits per heavy atom. The molecule has 1 aliphatic rings. The number of ether oxygens (including phenoxy) is 1. The summed E-state index contributed by atoms with van der Waals surface area (Å²) in [5, 5.41) is 3.25. The van der Waals surface area contributed by atoms with Gasteiger partial charge < -0.3 is 15.0 Å². The van der Waals surface area contributed by atoms with Crippen molar-refractivity contribution in [2.75, 3.05) is 26.7 Å². The predicted molar refractivity (Wildman–Crippen MR) is 78.3 cm³/mol. The molecule has 0 saturated carbocycles. The van der Waals surface area contributed by atoms with Crippen molar-refractivity contribution >= 4 is 21.8 Å². The topological polar surface area (TPSA) is 41.6 Å². The van der Waals surface area contributed by atoms with Gasteiger partial charge in [-0.2, -0.15) is 0 Å². The van der Waals surface area contributed by atoms with Crippen molar-refractivity contribution in [3.63, 3.8) is 0 Å². The molecule has 0 unspecified atom stereocenters. The van der Waals surface area contributed by atoms with Crippen LogP contribution >= 0.6 is 15.9 Å². The average Bonchev–Trinajstić information content (AvgIpc) is 2.46. The van der Waals surface area contributed by atoms with Crippen LogP contribution in [-0.4, -0.2) is 43.6 Å². The number of likely N-dealkylation sites (tertiary alicyclic amines) is 1. The Morgan fingerprint density at radius 1 is 1.37 bits per heavy atom. The van der Waals surface area contributed by atoms with E-state index in [0.29, 0.717) is 6.04 Å². The zero-order valence-electron chi connectivity index (χ0n) is 11.1. The second kappa shape index (κ2) is 6.91. The van der Waals surface area contributed by atoms with E-state index in [4.69, 9.17) is 4.74 Å². The first kappa shape index (κ1) is 14.3. The Kier molecular flexibility index (Phi) is 5.22. The Morgan fingerprint density at radius 3 is 2.58 bits per heavy atom. The van der Waals surface area contributed by atoms with Gasteiger partial charge in [0, 0.05) is 23.6 Å². The smallest absolute Gasteiger partial charge is 0.260 e. The van der Waals surface area contributed by atoms with Crippen molar-refractivity contribution in [1.82, 2.24) is 10.2 Å². The molecule has 104 valence electrons. The molecule has 0 radical (unpaired) electrons. The number of benzene rings is 1. The minimum Gasteiger partial charge on any atom is -0.484 e. The van der Waals surface area contributed by atoms with Crippen LogP contribution in [0.3, 0.4) is 0 Å². The molecular formula is C14H19BrN2O2. The normalized spacial score (nSPS) is 16.4. The van der Waals surface area contributed by atoms with E-state index in [1.807, 2.05) is 36.2 Å². The molecule has 5 heteroatoms. The van der Waals surface area contributed by atoms with Gasteiger partial charge in [-0.15, -0.1) is 0 Å². The van der Waals surface area contributed by atoms with Crippen molar-refractivity contribution in [2.24, 2.45) is 0 Å². The van der Waals surface area contributed by atoms with Crippen LogP contribution in [0.25, 0.3) is 0 Å². The second-order valence-corrected chi connectivity index (χ2v) is 5.60. The zero-order valence-corrected chi connectivity index (χ0v) is 12.6. The van der Waals surface area contributed by atoms with Gasteiger partial charge in [-0.25, -0.2) is 0 Å². The van der Waals surface area contributed by atoms with Gasteiger partial charge in [0.05, 0.1) is 0 Å². The van der Waals surface area contributed by atoms with E-state index >= 15 is 0 Å². The zero-order chi connectivity index (χ0) is 13.7. The summed E-state index contributed by atoms with van der Waals surface area (Å²) in [6.07, 6.45) is 2.03. The highest BCUT2D eigenvalue weighted by atomic mass is 79.9. The molecule has 1 aromatic rings. The van der Waals surface area contributed by atoms with Crippen LogP contribution in [0, 0.1) is 0 Å². The fourth-order valence-electron chi connectivity index (χ4n) is 2.18. The number of rotatable bonds is 4. The van der Waals surface area contributed by atoms with Crippen molar-refractivity contribution in [1.29, 1.82) is 0 Å². The fourth-order valence-corrected chi connectivity index (χ4v) is 2.45. The van der Waals surface area contributed by atoms with Crippen molar-refractivity contribution in [3.05, 3.63) is 28.7 Å². The van der Waals surface area contributed by atoms with E-state index < -0.39 is 0 Å². The van der Waals surface area contributed by atoms with Gasteiger partial charge in [-0.1, -0.05) is 15.9 Å². The number of halogens is 1. The first-order chi connectivity index (χ1) is 9.19. The molecule has 1 aliphatic heterocycles. The minimum atomic E-state index is 0.0671. The van der Waals surface area contributed by atoms with Crippen LogP contribution in [0.5, 0.6) is 5.75 Å². The standard InChI is InChI=1S/C14H19BrN2O2/c1-16-12-6-8-17(9-7-12)14(18)10-19-13-4-2-11(15)3-5-13/h2-5,12,16H,6-10H2,1H3. The van der Waals surface area contributed by atoms with Gasteiger partial charge in [0.15, 0.2) is 6.61 Å². The third-order valence-corrected chi connectivity index (χ3v) is 3.96. The molecule has 2 rings (SSSR count). The third-order valence-electron chi connectivity index (χ3n) is 3.43. The number of carbonyl (C=O) groups excluding carboxylic acids is 1. The lowest BCUT2D eigenvalue weighted by Crippen LogP contribution is -2.45. The molecule has 1 saturated heterocycles. The van der Waals surface area contributed by atoms with Crippen LogP contribution in [0.4, 0.5) is 0 Å². The van der Waals surface area contributed by atoms with Crippen LogP contribution in [0.15, 0.2) is 28.7 Å². The summed E-state index contributed by atoms with van der Waals surface area (Å²) in [6, 6.07) is 8.04. The van der Waals surface area contributed by atoms with Gasteiger partial charge in [-0.3, -0.25) is 4.79 Å². The molecule has 1 N–H and O–H groups in total. The van der Waals surface area contributed by atoms with Gasteiger partial charge in [0.2, 0.25) is 0 Å². The van der Waals surface area contributed by atoms with E-state index in [-0.39, 0.29) is 12.5 Å². The molecule has 0 spiro atoms. The van der Waals surface area contributed by atoms with Crippen molar-refractivity contribution < 1.29 is 9.53 Å². The van der Waals surface area contributed by atoms with Gasteiger partial charge in [-0.05, 0) is 44.2 Å². The summed E-state index contributed by atoms with van der Waals surface area (Å²) in [6.45, 7) is 1.74. The van der Waals surface area contributed by atoms with E-state index in [0.717, 1.165) is 36.2 Å². The molecule has 1 fully saturated rings. The Bertz CT molecular complexity index is 414. The SMILES string of the molecule is CNC1CCN(C(=O)COc2ccc(Br)cc2)CC1. The van der Waals surface area contributed by atoms with E-state index in [2.05, 4.69) is 21.2 Å². The fraction of sp³-hybridized carbons (Fsp3) is 0.500. The number of hydrogen-bond acceptors (Lipinski definition) is 3. The van der Waals surface area contributed by atoms with Crippen LogP contribution in [0.1, 0.15) is 12.8 Å². The Hall–Kier alpha value is -1.07. The number of nitrogens with zero attached hydrogens (tertiary/aromatic N) is 1. The lowest BCUT2D eigenvalue weighted by Gasteiger charge is -2.31. The highest BCUT2D eigenvalue weighted by molar-refractivity contribution is 9.10. The molecule has 19 heavy (non-hydrogen) atoms. The summed E-state index contributed by atoms with van der Waals surface area (Å²) >= 11 is 3.36. The summed E-state index contributed by atoms with van der Waals surface area (Å²) in [5.74, 6) is 0.791. The molecule has 1 amide bonds. The average molecular weight is 327 g/mol. The Balaban J connectivity index is 1.77. The largest absolute Gasteiger partial charge is 0.484 e.